The van der Waals surface area contributed by atoms with Crippen LogP contribution in [0.3, 0.4) is 0 Å². The Bertz CT molecular complexity index is 526. The van der Waals surface area contributed by atoms with E-state index in [1.54, 1.807) is 0 Å². The Labute approximate surface area is 104 Å². The number of rotatable bonds is 4. The van der Waals surface area contributed by atoms with E-state index >= 15 is 0 Å². The van der Waals surface area contributed by atoms with Crippen molar-refractivity contribution >= 4 is 22.4 Å². The summed E-state index contributed by atoms with van der Waals surface area (Å²) in [6.45, 7) is 2.79. The van der Waals surface area contributed by atoms with Crippen LogP contribution in [0.5, 0.6) is 0 Å². The molecule has 2 heterocycles. The normalized spacial score (nSPS) is 15.1. The van der Waals surface area contributed by atoms with Gasteiger partial charge in [-0.2, -0.15) is 9.47 Å². The molecule has 5 nitrogen and oxygen atoms in total. The van der Waals surface area contributed by atoms with Crippen molar-refractivity contribution in [1.82, 2.24) is 14.6 Å². The van der Waals surface area contributed by atoms with E-state index in [1.165, 1.54) is 35.5 Å². The smallest absolute Gasteiger partial charge is 0.142 e. The summed E-state index contributed by atoms with van der Waals surface area (Å²) in [5, 5.41) is 11.5. The Morgan fingerprint density at radius 1 is 1.59 bits per heavy atom. The Morgan fingerprint density at radius 2 is 2.41 bits per heavy atom. The maximum absolute atomic E-state index is 5.90. The Balaban J connectivity index is 1.75. The molecule has 6 heteroatoms. The highest BCUT2D eigenvalue weighted by atomic mass is 32.1. The molecule has 1 fully saturated rings. The quantitative estimate of drug-likeness (QED) is 0.776. The lowest BCUT2D eigenvalue weighted by Gasteiger charge is -2.05. The van der Waals surface area contributed by atoms with Crippen LogP contribution in [-0.4, -0.2) is 14.6 Å². The van der Waals surface area contributed by atoms with Gasteiger partial charge in [0.05, 0.1) is 6.20 Å². The number of anilines is 2. The highest BCUT2D eigenvalue weighted by molar-refractivity contribution is 7.10. The van der Waals surface area contributed by atoms with E-state index in [0.29, 0.717) is 11.7 Å². The summed E-state index contributed by atoms with van der Waals surface area (Å²) in [5.41, 5.74) is 9.40. The molecule has 1 aliphatic rings. The second-order valence-corrected chi connectivity index (χ2v) is 5.23. The van der Waals surface area contributed by atoms with Gasteiger partial charge in [0.2, 0.25) is 0 Å². The molecule has 90 valence electrons. The Hall–Kier alpha value is -1.56. The standard InChI is InChI=1S/C11H15N5S/c1-6-8(5-14-15-6)4-13-11-9(7-2-3-7)10(12)16-17-11/h5,7,13H,2-4H2,1H3,(H2,12,16)(H,14,15). The summed E-state index contributed by atoms with van der Waals surface area (Å²) in [6, 6.07) is 0. The summed E-state index contributed by atoms with van der Waals surface area (Å²) < 4.78 is 4.23. The largest absolute Gasteiger partial charge is 0.383 e. The second kappa shape index (κ2) is 4.03. The van der Waals surface area contributed by atoms with Crippen molar-refractivity contribution < 1.29 is 0 Å². The molecular weight excluding hydrogens is 234 g/mol. The van der Waals surface area contributed by atoms with Gasteiger partial charge in [0.1, 0.15) is 10.8 Å². The van der Waals surface area contributed by atoms with Crippen molar-refractivity contribution in [3.05, 3.63) is 23.0 Å². The average molecular weight is 249 g/mol. The van der Waals surface area contributed by atoms with Gasteiger partial charge >= 0.3 is 0 Å². The first-order valence-electron chi connectivity index (χ1n) is 5.73. The molecule has 0 aromatic carbocycles. The van der Waals surface area contributed by atoms with Crippen molar-refractivity contribution in [1.29, 1.82) is 0 Å². The molecule has 0 radical (unpaired) electrons. The lowest BCUT2D eigenvalue weighted by molar-refractivity contribution is 1.04. The third-order valence-corrected chi connectivity index (χ3v) is 3.95. The van der Waals surface area contributed by atoms with E-state index in [9.17, 15) is 0 Å². The number of nitrogens with one attached hydrogen (secondary N) is 2. The first-order valence-corrected chi connectivity index (χ1v) is 6.51. The van der Waals surface area contributed by atoms with Crippen LogP contribution in [0.25, 0.3) is 0 Å². The van der Waals surface area contributed by atoms with E-state index in [-0.39, 0.29) is 0 Å². The number of nitrogen functional groups attached to an aromatic ring is 1. The minimum atomic E-state index is 0.627. The Kier molecular flexibility index (Phi) is 2.51. The molecule has 0 amide bonds. The molecular formula is C11H15N5S. The minimum absolute atomic E-state index is 0.627. The summed E-state index contributed by atoms with van der Waals surface area (Å²) in [5.74, 6) is 1.32. The topological polar surface area (TPSA) is 79.6 Å². The van der Waals surface area contributed by atoms with Gasteiger partial charge in [-0.15, -0.1) is 0 Å². The third kappa shape index (κ3) is 2.00. The molecule has 17 heavy (non-hydrogen) atoms. The maximum Gasteiger partial charge on any atom is 0.142 e. The minimum Gasteiger partial charge on any atom is -0.383 e. The van der Waals surface area contributed by atoms with Crippen LogP contribution in [0.15, 0.2) is 6.20 Å². The van der Waals surface area contributed by atoms with Gasteiger partial charge in [-0.1, -0.05) is 0 Å². The van der Waals surface area contributed by atoms with Crippen LogP contribution in [0.2, 0.25) is 0 Å². The molecule has 2 aromatic rings. The lowest BCUT2D eigenvalue weighted by atomic mass is 10.2. The predicted molar refractivity (Wildman–Crippen MR) is 69.2 cm³/mol. The van der Waals surface area contributed by atoms with E-state index in [2.05, 4.69) is 19.9 Å². The molecule has 3 rings (SSSR count). The fourth-order valence-electron chi connectivity index (χ4n) is 1.93. The summed E-state index contributed by atoms with van der Waals surface area (Å²) >= 11 is 1.46. The number of nitrogens with zero attached hydrogens (tertiary/aromatic N) is 2. The number of aromatic nitrogens is 3. The van der Waals surface area contributed by atoms with Crippen LogP contribution in [0, 0.1) is 6.92 Å². The van der Waals surface area contributed by atoms with Gasteiger partial charge < -0.3 is 11.1 Å². The van der Waals surface area contributed by atoms with Gasteiger partial charge in [-0.05, 0) is 37.2 Å². The molecule has 0 aliphatic heterocycles. The second-order valence-electron chi connectivity index (χ2n) is 4.46. The fourth-order valence-corrected chi connectivity index (χ4v) is 2.73. The highest BCUT2D eigenvalue weighted by Gasteiger charge is 2.30. The van der Waals surface area contributed by atoms with Crippen molar-refractivity contribution in [2.45, 2.75) is 32.2 Å². The van der Waals surface area contributed by atoms with Crippen molar-refractivity contribution in [3.8, 4) is 0 Å². The van der Waals surface area contributed by atoms with Crippen LogP contribution < -0.4 is 11.1 Å². The maximum atomic E-state index is 5.90. The van der Waals surface area contributed by atoms with E-state index in [0.717, 1.165) is 17.2 Å². The molecule has 0 bridgehead atoms. The highest BCUT2D eigenvalue weighted by Crippen LogP contribution is 2.47. The number of nitrogens with two attached hydrogens (primary N) is 1. The number of hydrogen-bond acceptors (Lipinski definition) is 5. The zero-order valence-corrected chi connectivity index (χ0v) is 10.5. The number of hydrogen-bond donors (Lipinski definition) is 3. The lowest BCUT2D eigenvalue weighted by Crippen LogP contribution is -2.01. The van der Waals surface area contributed by atoms with Crippen LogP contribution in [0.1, 0.15) is 35.6 Å². The average Bonchev–Trinajstić information content (AvgIpc) is 2.96. The van der Waals surface area contributed by atoms with Crippen molar-refractivity contribution in [2.24, 2.45) is 0 Å². The molecule has 0 atom stereocenters. The molecule has 0 unspecified atom stereocenters. The molecule has 4 N–H and O–H groups in total. The predicted octanol–water partition coefficient (Wildman–Crippen LogP) is 2.25. The SMILES string of the molecule is Cc1[nH]ncc1CNc1snc(N)c1C1CC1. The number of aryl methyl sites for hydroxylation is 1. The van der Waals surface area contributed by atoms with E-state index in [4.69, 9.17) is 5.73 Å². The molecule has 1 saturated carbocycles. The van der Waals surface area contributed by atoms with Crippen LogP contribution >= 0.6 is 11.5 Å². The first kappa shape index (κ1) is 10.6. The van der Waals surface area contributed by atoms with E-state index < -0.39 is 0 Å². The van der Waals surface area contributed by atoms with Gasteiger partial charge in [-0.3, -0.25) is 5.10 Å². The Morgan fingerprint density at radius 3 is 3.06 bits per heavy atom. The summed E-state index contributed by atoms with van der Waals surface area (Å²) in [7, 11) is 0. The fraction of sp³-hybridized carbons (Fsp3) is 0.455. The zero-order chi connectivity index (χ0) is 11.8. The molecule has 1 aliphatic carbocycles. The monoisotopic (exact) mass is 249 g/mol. The van der Waals surface area contributed by atoms with Crippen LogP contribution in [-0.2, 0) is 6.54 Å². The molecule has 0 spiro atoms. The zero-order valence-electron chi connectivity index (χ0n) is 9.66. The summed E-state index contributed by atoms with van der Waals surface area (Å²) in [4.78, 5) is 0. The van der Waals surface area contributed by atoms with Gasteiger partial charge in [0, 0.05) is 23.4 Å². The van der Waals surface area contributed by atoms with Gasteiger partial charge in [0.25, 0.3) is 0 Å². The van der Waals surface area contributed by atoms with Gasteiger partial charge in [-0.25, -0.2) is 0 Å². The number of H-pyrrole nitrogens is 1. The third-order valence-electron chi connectivity index (χ3n) is 3.12. The van der Waals surface area contributed by atoms with Crippen molar-refractivity contribution in [3.63, 3.8) is 0 Å². The molecule has 0 saturated heterocycles. The van der Waals surface area contributed by atoms with E-state index in [1.807, 2.05) is 13.1 Å². The number of aromatic amines is 1. The van der Waals surface area contributed by atoms with Crippen molar-refractivity contribution in [2.75, 3.05) is 11.1 Å². The van der Waals surface area contributed by atoms with Gasteiger partial charge in [0.15, 0.2) is 0 Å². The van der Waals surface area contributed by atoms with Crippen LogP contribution in [0.4, 0.5) is 10.8 Å². The summed E-state index contributed by atoms with van der Waals surface area (Å²) in [6.07, 6.45) is 4.33. The molecule has 2 aromatic heterocycles. The first-order chi connectivity index (χ1) is 8.25.